The van der Waals surface area contributed by atoms with Gasteiger partial charge in [-0.25, -0.2) is 0 Å². The molecule has 0 spiro atoms. The fraction of sp³-hybridized carbons (Fsp3) is 0.833. The van der Waals surface area contributed by atoms with Gasteiger partial charge in [0.2, 0.25) is 0 Å². The summed E-state index contributed by atoms with van der Waals surface area (Å²) in [4.78, 5) is 68.8. The van der Waals surface area contributed by atoms with E-state index in [-0.39, 0.29) is 44.1 Å². The van der Waals surface area contributed by atoms with Gasteiger partial charge in [0.15, 0.2) is 0 Å². The van der Waals surface area contributed by atoms with Crippen LogP contribution in [0, 0.1) is 50.2 Å². The third kappa shape index (κ3) is 8.78. The van der Waals surface area contributed by atoms with E-state index >= 15 is 0 Å². The zero-order chi connectivity index (χ0) is 37.7. The van der Waals surface area contributed by atoms with Crippen LogP contribution in [0.2, 0.25) is 0 Å². The monoisotopic (exact) mass is 890 g/mol. The third-order valence-electron chi connectivity index (χ3n) is 12.7. The van der Waals surface area contributed by atoms with E-state index in [4.69, 9.17) is 14.2 Å². The average Bonchev–Trinajstić information content (AvgIpc) is 3.48. The van der Waals surface area contributed by atoms with Gasteiger partial charge in [0.1, 0.15) is 0 Å². The Morgan fingerprint density at radius 2 is 0.653 bits per heavy atom. The van der Waals surface area contributed by atoms with Crippen molar-refractivity contribution < 1.29 is 58.3 Å². The Morgan fingerprint density at radius 3 is 0.776 bits per heavy atom. The molecule has 49 heavy (non-hydrogen) atoms. The van der Waals surface area contributed by atoms with Crippen LogP contribution < -0.4 is 15.3 Å². The molecule has 0 amide bonds. The molecule has 3 fully saturated rings. The van der Waals surface area contributed by atoms with Gasteiger partial charge in [-0.15, -0.1) is 0 Å². The molecule has 278 valence electrons. The van der Waals surface area contributed by atoms with Crippen LogP contribution in [-0.4, -0.2) is 81.8 Å². The van der Waals surface area contributed by atoms with Crippen molar-refractivity contribution in [1.82, 2.24) is 0 Å². The zero-order valence-electron chi connectivity index (χ0n) is 31.4. The predicted octanol–water partition coefficient (Wildman–Crippen LogP) is 1.84. The number of esters is 3. The number of ether oxygens (including phenoxy) is 3. The van der Waals surface area contributed by atoms with E-state index in [9.17, 15) is 44.1 Å². The molecule has 0 unspecified atom stereocenters. The van der Waals surface area contributed by atoms with E-state index in [1.165, 1.54) is 0 Å². The van der Waals surface area contributed by atoms with Crippen LogP contribution >= 0.6 is 0 Å². The number of carbonyl (C=O) groups is 6. The van der Waals surface area contributed by atoms with Gasteiger partial charge in [0.05, 0.1) is 36.1 Å². The van der Waals surface area contributed by atoms with Crippen LogP contribution in [0.3, 0.4) is 0 Å². The summed E-state index contributed by atoms with van der Waals surface area (Å²) in [6, 6.07) is 0. The van der Waals surface area contributed by atoms with Gasteiger partial charge in [0, 0.05) is 35.7 Å². The quantitative estimate of drug-likeness (QED) is 0.185. The Bertz CT molecular complexity index is 1080. The molecule has 0 aromatic carbocycles. The summed E-state index contributed by atoms with van der Waals surface area (Å²) in [6.07, 6.45) is 3.05. The second-order valence-electron chi connectivity index (χ2n) is 15.6. The van der Waals surface area contributed by atoms with Crippen LogP contribution in [0.15, 0.2) is 0 Å². The molecule has 0 saturated heterocycles. The van der Waals surface area contributed by atoms with E-state index in [1.54, 1.807) is 83.1 Å². The number of rotatable bonds is 9. The maximum Gasteiger partial charge on any atom is 3.00 e. The smallest absolute Gasteiger partial charge is 0.550 e. The van der Waals surface area contributed by atoms with Gasteiger partial charge in [-0.05, 0) is 96.3 Å². The molecular formula is C36H57BiO12. The van der Waals surface area contributed by atoms with E-state index in [1.807, 2.05) is 0 Å². The largest absolute Gasteiger partial charge is 3.00 e. The normalized spacial score (nSPS) is 31.7. The Labute approximate surface area is 310 Å². The minimum Gasteiger partial charge on any atom is -0.550 e. The summed E-state index contributed by atoms with van der Waals surface area (Å²) in [6.45, 7) is 22.4. The van der Waals surface area contributed by atoms with Crippen molar-refractivity contribution in [2.45, 2.75) is 122 Å². The first-order valence-corrected chi connectivity index (χ1v) is 17.0. The van der Waals surface area contributed by atoms with E-state index in [0.717, 1.165) is 0 Å². The molecule has 3 aliphatic carbocycles. The SMILES string of the molecule is CCOC(=O)[C@]1(C)CC[C@H](C(=O)[O-])C1(C)C.CCOC(=O)[C@]1(C)CC[C@H](C(=O)[O-])C1(C)C.CCOC(=O)[C@]1(C)CC[C@H](C(=O)[O-])C1(C)C.[Bi+3]. The van der Waals surface area contributed by atoms with Crippen molar-refractivity contribution in [3.8, 4) is 0 Å². The number of carboxylic acids is 3. The average molecular weight is 891 g/mol. The molecule has 0 aromatic rings. The number of carboxylic acid groups (broad SMARTS) is 3. The van der Waals surface area contributed by atoms with Gasteiger partial charge >= 0.3 is 44.1 Å². The Kier molecular flexibility index (Phi) is 16.5. The molecule has 12 nitrogen and oxygen atoms in total. The second-order valence-corrected chi connectivity index (χ2v) is 15.6. The first-order valence-electron chi connectivity index (χ1n) is 17.0. The van der Waals surface area contributed by atoms with Crippen LogP contribution in [-0.2, 0) is 43.0 Å². The summed E-state index contributed by atoms with van der Waals surface area (Å²) in [7, 11) is 0. The summed E-state index contributed by atoms with van der Waals surface area (Å²) >= 11 is 0. The third-order valence-corrected chi connectivity index (χ3v) is 12.7. The van der Waals surface area contributed by atoms with E-state index in [0.29, 0.717) is 58.3 Å². The number of carbonyl (C=O) groups excluding carboxylic acids is 6. The summed E-state index contributed by atoms with van der Waals surface area (Å²) in [5, 5.41) is 33.1. The first-order chi connectivity index (χ1) is 21.8. The fourth-order valence-electron chi connectivity index (χ4n) is 7.71. The standard InChI is InChI=1S/3C12H20O4.Bi/c3*1-5-16-10(15)12(4)7-6-8(9(13)14)11(12,2)3;/h3*8H,5-7H2,1-4H3,(H,13,14);/q;;;+3/p-3/t3*8-,12+;/m111./s1. The molecule has 0 heterocycles. The minimum atomic E-state index is -1.07. The topological polar surface area (TPSA) is 199 Å². The molecule has 3 rings (SSSR count). The van der Waals surface area contributed by atoms with Gasteiger partial charge in [-0.2, -0.15) is 0 Å². The van der Waals surface area contributed by atoms with Crippen molar-refractivity contribution in [1.29, 1.82) is 0 Å². The van der Waals surface area contributed by atoms with Crippen molar-refractivity contribution >= 4 is 62.0 Å². The summed E-state index contributed by atoms with van der Waals surface area (Å²) in [5.41, 5.74) is -4.07. The maximum absolute atomic E-state index is 11.9. The molecule has 3 saturated carbocycles. The molecule has 3 aliphatic rings. The van der Waals surface area contributed by atoms with E-state index in [2.05, 4.69) is 0 Å². The number of hydrogen-bond donors (Lipinski definition) is 0. The van der Waals surface area contributed by atoms with E-state index < -0.39 is 68.2 Å². The van der Waals surface area contributed by atoms with Gasteiger partial charge in [-0.3, -0.25) is 14.4 Å². The second kappa shape index (κ2) is 17.3. The Morgan fingerprint density at radius 1 is 0.469 bits per heavy atom. The summed E-state index contributed by atoms with van der Waals surface area (Å²) in [5.74, 6) is -5.86. The number of aliphatic carboxylic acids is 3. The minimum absolute atomic E-state index is 0. The summed E-state index contributed by atoms with van der Waals surface area (Å²) < 4.78 is 15.1. The Hall–Kier alpha value is -2.30. The fourth-order valence-corrected chi connectivity index (χ4v) is 7.71. The molecule has 0 aliphatic heterocycles. The van der Waals surface area contributed by atoms with Crippen molar-refractivity contribution in [2.75, 3.05) is 19.8 Å². The predicted molar refractivity (Wildman–Crippen MR) is 175 cm³/mol. The maximum atomic E-state index is 11.9. The van der Waals surface area contributed by atoms with Crippen LogP contribution in [0.5, 0.6) is 0 Å². The molecular weight excluding hydrogens is 833 g/mol. The molecule has 13 heteroatoms. The van der Waals surface area contributed by atoms with Crippen molar-refractivity contribution in [2.24, 2.45) is 50.2 Å². The van der Waals surface area contributed by atoms with Gasteiger partial charge in [0.25, 0.3) is 0 Å². The van der Waals surface area contributed by atoms with Crippen LogP contribution in [0.25, 0.3) is 0 Å². The molecule has 2 radical (unpaired) electrons. The molecule has 0 bridgehead atoms. The Balaban J connectivity index is 0.000000698. The molecule has 0 aromatic heterocycles. The van der Waals surface area contributed by atoms with Crippen molar-refractivity contribution in [3.63, 3.8) is 0 Å². The van der Waals surface area contributed by atoms with Crippen LogP contribution in [0.1, 0.15) is 122 Å². The van der Waals surface area contributed by atoms with Gasteiger partial charge in [-0.1, -0.05) is 41.5 Å². The van der Waals surface area contributed by atoms with Crippen LogP contribution in [0.4, 0.5) is 0 Å². The molecule has 6 atom stereocenters. The first kappa shape index (κ1) is 46.7. The molecule has 0 N–H and O–H groups in total. The number of hydrogen-bond acceptors (Lipinski definition) is 12. The zero-order valence-corrected chi connectivity index (χ0v) is 34.9. The van der Waals surface area contributed by atoms with Crippen molar-refractivity contribution in [3.05, 3.63) is 0 Å². The van der Waals surface area contributed by atoms with Gasteiger partial charge < -0.3 is 43.9 Å².